The second kappa shape index (κ2) is 5.40. The molecule has 1 rings (SSSR count). The minimum Gasteiger partial charge on any atom is -0.364 e. The van der Waals surface area contributed by atoms with Crippen LogP contribution in [0.5, 0.6) is 0 Å². The van der Waals surface area contributed by atoms with Crippen molar-refractivity contribution in [1.29, 1.82) is 5.26 Å². The van der Waals surface area contributed by atoms with Crippen LogP contribution in [0.1, 0.15) is 40.2 Å². The van der Waals surface area contributed by atoms with Crippen LogP contribution < -0.4 is 10.6 Å². The summed E-state index contributed by atoms with van der Waals surface area (Å²) in [4.78, 5) is 8.35. The van der Waals surface area contributed by atoms with Crippen molar-refractivity contribution in [1.82, 2.24) is 9.97 Å². The molecule has 0 saturated heterocycles. The van der Waals surface area contributed by atoms with E-state index in [0.717, 1.165) is 0 Å². The van der Waals surface area contributed by atoms with Gasteiger partial charge in [0.2, 0.25) is 5.95 Å². The van der Waals surface area contributed by atoms with Gasteiger partial charge in [0, 0.05) is 11.6 Å². The van der Waals surface area contributed by atoms with E-state index in [-0.39, 0.29) is 22.3 Å². The number of nitrogens with zero attached hydrogens (tertiary/aromatic N) is 3. The Morgan fingerprint density at radius 1 is 1.28 bits per heavy atom. The monoisotopic (exact) mass is 267 g/mol. The van der Waals surface area contributed by atoms with Gasteiger partial charge in [-0.2, -0.15) is 15.2 Å². The molecule has 0 aliphatic carbocycles. The lowest BCUT2D eigenvalue weighted by Gasteiger charge is -2.22. The predicted molar refractivity (Wildman–Crippen MR) is 73.9 cm³/mol. The topological polar surface area (TPSA) is 73.6 Å². The van der Waals surface area contributed by atoms with Gasteiger partial charge in [-0.25, -0.2) is 0 Å². The quantitative estimate of drug-likeness (QED) is 0.824. The molecule has 0 saturated carbocycles. The van der Waals surface area contributed by atoms with Crippen molar-refractivity contribution in [2.75, 3.05) is 10.6 Å². The lowest BCUT2D eigenvalue weighted by molar-refractivity contribution is 0.629. The Morgan fingerprint density at radius 3 is 2.33 bits per heavy atom. The maximum absolute atomic E-state index is 9.09. The lowest BCUT2D eigenvalue weighted by Crippen LogP contribution is -2.28. The maximum atomic E-state index is 9.09. The standard InChI is InChI=1S/C12H18ClN5/c1-7(2)15-11-16-9(13)8(6-14)10(17-11)18-12(3,4)5/h7H,1-5H3,(H2,15,16,17,18). The molecule has 0 atom stereocenters. The number of rotatable bonds is 3. The zero-order valence-electron chi connectivity index (χ0n) is 11.3. The molecular weight excluding hydrogens is 250 g/mol. The normalized spacial score (nSPS) is 11.2. The first-order chi connectivity index (χ1) is 8.23. The van der Waals surface area contributed by atoms with Crippen molar-refractivity contribution < 1.29 is 0 Å². The van der Waals surface area contributed by atoms with E-state index in [1.54, 1.807) is 0 Å². The van der Waals surface area contributed by atoms with Crippen LogP contribution in [0.25, 0.3) is 0 Å². The Kier molecular flexibility index (Phi) is 4.36. The van der Waals surface area contributed by atoms with Crippen molar-refractivity contribution in [3.8, 4) is 6.07 Å². The summed E-state index contributed by atoms with van der Waals surface area (Å²) in [7, 11) is 0. The summed E-state index contributed by atoms with van der Waals surface area (Å²) < 4.78 is 0. The third-order valence-corrected chi connectivity index (χ3v) is 2.16. The molecule has 1 aromatic rings. The number of hydrogen-bond donors (Lipinski definition) is 2. The fourth-order valence-electron chi connectivity index (χ4n) is 1.30. The van der Waals surface area contributed by atoms with E-state index in [0.29, 0.717) is 11.8 Å². The molecule has 5 nitrogen and oxygen atoms in total. The van der Waals surface area contributed by atoms with E-state index in [9.17, 15) is 0 Å². The van der Waals surface area contributed by atoms with E-state index < -0.39 is 0 Å². The largest absolute Gasteiger partial charge is 0.364 e. The van der Waals surface area contributed by atoms with E-state index >= 15 is 0 Å². The average Bonchev–Trinajstić information content (AvgIpc) is 2.13. The molecule has 18 heavy (non-hydrogen) atoms. The SMILES string of the molecule is CC(C)Nc1nc(Cl)c(C#N)c(NC(C)(C)C)n1. The van der Waals surface area contributed by atoms with Crippen molar-refractivity contribution >= 4 is 23.4 Å². The summed E-state index contributed by atoms with van der Waals surface area (Å²) in [6.45, 7) is 9.91. The molecule has 0 fully saturated rings. The molecule has 0 radical (unpaired) electrons. The lowest BCUT2D eigenvalue weighted by atomic mass is 10.1. The van der Waals surface area contributed by atoms with Gasteiger partial charge in [0.05, 0.1) is 0 Å². The van der Waals surface area contributed by atoms with Gasteiger partial charge in [0.15, 0.2) is 11.0 Å². The molecular formula is C12H18ClN5. The van der Waals surface area contributed by atoms with Crippen LogP contribution in [-0.4, -0.2) is 21.5 Å². The first-order valence-electron chi connectivity index (χ1n) is 5.75. The maximum Gasteiger partial charge on any atom is 0.226 e. The number of nitrogens with one attached hydrogen (secondary N) is 2. The second-order valence-corrected chi connectivity index (χ2v) is 5.71. The van der Waals surface area contributed by atoms with Gasteiger partial charge in [-0.05, 0) is 34.6 Å². The predicted octanol–water partition coefficient (Wildman–Crippen LogP) is 3.03. The summed E-state index contributed by atoms with van der Waals surface area (Å²) >= 11 is 5.99. The molecule has 0 amide bonds. The first-order valence-corrected chi connectivity index (χ1v) is 6.13. The zero-order valence-corrected chi connectivity index (χ0v) is 12.1. The van der Waals surface area contributed by atoms with Crippen LogP contribution in [-0.2, 0) is 0 Å². The molecule has 0 aliphatic rings. The van der Waals surface area contributed by atoms with Gasteiger partial charge in [0.1, 0.15) is 11.6 Å². The molecule has 0 aliphatic heterocycles. The fraction of sp³-hybridized carbons (Fsp3) is 0.583. The number of aromatic nitrogens is 2. The molecule has 6 heteroatoms. The Morgan fingerprint density at radius 2 is 1.89 bits per heavy atom. The highest BCUT2D eigenvalue weighted by atomic mass is 35.5. The zero-order chi connectivity index (χ0) is 13.9. The van der Waals surface area contributed by atoms with Crippen molar-refractivity contribution in [2.24, 2.45) is 0 Å². The molecule has 2 N–H and O–H groups in total. The highest BCUT2D eigenvalue weighted by molar-refractivity contribution is 6.31. The summed E-state index contributed by atoms with van der Waals surface area (Å²) in [6.07, 6.45) is 0. The molecule has 0 spiro atoms. The van der Waals surface area contributed by atoms with Crippen LogP contribution in [0, 0.1) is 11.3 Å². The van der Waals surface area contributed by atoms with Crippen LogP contribution in [0.15, 0.2) is 0 Å². The number of halogens is 1. The smallest absolute Gasteiger partial charge is 0.226 e. The van der Waals surface area contributed by atoms with E-state index in [1.807, 2.05) is 40.7 Å². The van der Waals surface area contributed by atoms with Crippen molar-refractivity contribution in [3.63, 3.8) is 0 Å². The van der Waals surface area contributed by atoms with Crippen LogP contribution in [0.4, 0.5) is 11.8 Å². The molecule has 0 aromatic carbocycles. The van der Waals surface area contributed by atoms with Gasteiger partial charge in [-0.1, -0.05) is 11.6 Å². The van der Waals surface area contributed by atoms with E-state index in [1.165, 1.54) is 0 Å². The molecule has 1 heterocycles. The van der Waals surface area contributed by atoms with Crippen LogP contribution >= 0.6 is 11.6 Å². The molecule has 0 bridgehead atoms. The van der Waals surface area contributed by atoms with Gasteiger partial charge in [-0.15, -0.1) is 0 Å². The van der Waals surface area contributed by atoms with E-state index in [4.69, 9.17) is 16.9 Å². The third-order valence-electron chi connectivity index (χ3n) is 1.89. The Bertz CT molecular complexity index is 471. The molecule has 1 aromatic heterocycles. The van der Waals surface area contributed by atoms with Gasteiger partial charge in [-0.3, -0.25) is 0 Å². The Hall–Kier alpha value is -1.54. The minimum absolute atomic E-state index is 0.155. The van der Waals surface area contributed by atoms with Gasteiger partial charge >= 0.3 is 0 Å². The molecule has 98 valence electrons. The average molecular weight is 268 g/mol. The third kappa shape index (κ3) is 4.04. The minimum atomic E-state index is -0.210. The summed E-state index contributed by atoms with van der Waals surface area (Å²) in [6, 6.07) is 2.21. The van der Waals surface area contributed by atoms with Crippen molar-refractivity contribution in [3.05, 3.63) is 10.7 Å². The highest BCUT2D eigenvalue weighted by Gasteiger charge is 2.18. The second-order valence-electron chi connectivity index (χ2n) is 5.35. The number of nitriles is 1. The number of hydrogen-bond acceptors (Lipinski definition) is 5. The highest BCUT2D eigenvalue weighted by Crippen LogP contribution is 2.24. The van der Waals surface area contributed by atoms with E-state index in [2.05, 4.69) is 20.6 Å². The Labute approximate surface area is 113 Å². The summed E-state index contributed by atoms with van der Waals surface area (Å²) in [5.41, 5.74) is 0.0548. The van der Waals surface area contributed by atoms with Gasteiger partial charge < -0.3 is 10.6 Å². The molecule has 0 unspecified atom stereocenters. The van der Waals surface area contributed by atoms with Crippen LogP contribution in [0.3, 0.4) is 0 Å². The first kappa shape index (κ1) is 14.5. The Balaban J connectivity index is 3.20. The number of anilines is 2. The van der Waals surface area contributed by atoms with Crippen molar-refractivity contribution in [2.45, 2.75) is 46.2 Å². The van der Waals surface area contributed by atoms with Gasteiger partial charge in [0.25, 0.3) is 0 Å². The summed E-state index contributed by atoms with van der Waals surface area (Å²) in [5.74, 6) is 0.869. The van der Waals surface area contributed by atoms with Crippen LogP contribution in [0.2, 0.25) is 5.15 Å². The fourth-order valence-corrected chi connectivity index (χ4v) is 1.51. The summed E-state index contributed by atoms with van der Waals surface area (Å²) in [5, 5.41) is 15.5.